The molecule has 3 aromatic rings. The lowest BCUT2D eigenvalue weighted by molar-refractivity contribution is 0.0274. The van der Waals surface area contributed by atoms with Crippen LogP contribution in [-0.4, -0.2) is 16.2 Å². The minimum atomic E-state index is -0.862. The van der Waals surface area contributed by atoms with E-state index in [0.717, 1.165) is 0 Å². The van der Waals surface area contributed by atoms with Gasteiger partial charge in [-0.25, -0.2) is 13.6 Å². The molecule has 0 fully saturated rings. The molecule has 7 heteroatoms. The molecule has 3 rings (SSSR count). The fourth-order valence-electron chi connectivity index (χ4n) is 2.01. The molecule has 0 saturated carbocycles. The molecule has 2 aromatic carbocycles. The Morgan fingerprint density at radius 1 is 1.08 bits per heavy atom. The first kappa shape index (κ1) is 15.8. The summed E-state index contributed by atoms with van der Waals surface area (Å²) >= 11 is 0. The van der Waals surface area contributed by atoms with Crippen LogP contribution in [0.4, 0.5) is 8.78 Å². The number of esters is 1. The van der Waals surface area contributed by atoms with Gasteiger partial charge in [-0.3, -0.25) is 0 Å². The molecule has 0 spiro atoms. The molecular weight excluding hydrogens is 318 g/mol. The Morgan fingerprint density at radius 2 is 1.79 bits per heavy atom. The van der Waals surface area contributed by atoms with Crippen LogP contribution in [0.3, 0.4) is 0 Å². The number of aromatic nitrogens is 2. The van der Waals surface area contributed by atoms with Crippen molar-refractivity contribution in [2.75, 3.05) is 0 Å². The lowest BCUT2D eigenvalue weighted by atomic mass is 10.2. The summed E-state index contributed by atoms with van der Waals surface area (Å²) in [4.78, 5) is 12.0. The third-order valence-electron chi connectivity index (χ3n) is 3.26. The van der Waals surface area contributed by atoms with E-state index in [4.69, 9.17) is 9.15 Å². The SMILES string of the molecule is C[C@@H](OC(=O)c1ccccc1F)c1nnc(-c2ccc(F)cc2)o1. The molecule has 5 nitrogen and oxygen atoms in total. The summed E-state index contributed by atoms with van der Waals surface area (Å²) in [5, 5.41) is 7.63. The van der Waals surface area contributed by atoms with Gasteiger partial charge >= 0.3 is 5.97 Å². The molecule has 0 unspecified atom stereocenters. The summed E-state index contributed by atoms with van der Waals surface area (Å²) in [6, 6.07) is 11.0. The fourth-order valence-corrected chi connectivity index (χ4v) is 2.01. The average Bonchev–Trinajstić information content (AvgIpc) is 3.06. The van der Waals surface area contributed by atoms with Gasteiger partial charge in [0.15, 0.2) is 6.10 Å². The monoisotopic (exact) mass is 330 g/mol. The molecule has 1 aromatic heterocycles. The van der Waals surface area contributed by atoms with Crippen molar-refractivity contribution in [3.05, 3.63) is 71.6 Å². The summed E-state index contributed by atoms with van der Waals surface area (Å²) < 4.78 is 37.0. The molecule has 0 bridgehead atoms. The van der Waals surface area contributed by atoms with Crippen molar-refractivity contribution in [3.63, 3.8) is 0 Å². The van der Waals surface area contributed by atoms with Gasteiger partial charge in [0.25, 0.3) is 5.89 Å². The van der Waals surface area contributed by atoms with Crippen molar-refractivity contribution in [1.82, 2.24) is 10.2 Å². The zero-order chi connectivity index (χ0) is 17.1. The highest BCUT2D eigenvalue weighted by Gasteiger charge is 2.21. The zero-order valence-corrected chi connectivity index (χ0v) is 12.6. The first-order valence-corrected chi connectivity index (χ1v) is 7.09. The van der Waals surface area contributed by atoms with Crippen molar-refractivity contribution in [1.29, 1.82) is 0 Å². The van der Waals surface area contributed by atoms with Crippen LogP contribution >= 0.6 is 0 Å². The van der Waals surface area contributed by atoms with Crippen molar-refractivity contribution >= 4 is 5.97 Å². The number of hydrogen-bond acceptors (Lipinski definition) is 5. The molecular formula is C17H12F2N2O3. The number of benzene rings is 2. The van der Waals surface area contributed by atoms with Gasteiger partial charge < -0.3 is 9.15 Å². The van der Waals surface area contributed by atoms with Gasteiger partial charge in [-0.2, -0.15) is 0 Å². The number of ether oxygens (including phenoxy) is 1. The van der Waals surface area contributed by atoms with E-state index in [1.807, 2.05) is 0 Å². The molecule has 1 atom stereocenters. The van der Waals surface area contributed by atoms with Crippen molar-refractivity contribution in [3.8, 4) is 11.5 Å². The predicted octanol–water partition coefficient (Wildman–Crippen LogP) is 3.93. The molecule has 0 radical (unpaired) electrons. The maximum atomic E-state index is 13.6. The standard InChI is InChI=1S/C17H12F2N2O3/c1-10(23-17(22)13-4-2-3-5-14(13)19)15-20-21-16(24-15)11-6-8-12(18)9-7-11/h2-10H,1H3/t10-/m1/s1. The topological polar surface area (TPSA) is 65.2 Å². The Bertz CT molecular complexity index is 862. The summed E-state index contributed by atoms with van der Waals surface area (Å²) in [6.07, 6.45) is -0.862. The highest BCUT2D eigenvalue weighted by molar-refractivity contribution is 5.89. The Kier molecular flexibility index (Phi) is 4.33. The number of rotatable bonds is 4. The first-order valence-electron chi connectivity index (χ1n) is 7.09. The molecule has 0 aliphatic rings. The lowest BCUT2D eigenvalue weighted by Crippen LogP contribution is -2.11. The van der Waals surface area contributed by atoms with E-state index in [0.29, 0.717) is 5.56 Å². The largest absolute Gasteiger partial charge is 0.449 e. The third-order valence-corrected chi connectivity index (χ3v) is 3.26. The minimum Gasteiger partial charge on any atom is -0.449 e. The highest BCUT2D eigenvalue weighted by atomic mass is 19.1. The van der Waals surface area contributed by atoms with E-state index in [1.165, 1.54) is 55.5 Å². The maximum absolute atomic E-state index is 13.6. The molecule has 0 aliphatic carbocycles. The average molecular weight is 330 g/mol. The van der Waals surface area contributed by atoms with Crippen molar-refractivity contribution in [2.45, 2.75) is 13.0 Å². The number of halogens is 2. The Hall–Kier alpha value is -3.09. The van der Waals surface area contributed by atoms with Crippen LogP contribution in [0.1, 0.15) is 29.3 Å². The Balaban J connectivity index is 1.74. The summed E-state index contributed by atoms with van der Waals surface area (Å²) in [5.74, 6) is -1.67. The quantitative estimate of drug-likeness (QED) is 0.678. The molecule has 24 heavy (non-hydrogen) atoms. The number of nitrogens with zero attached hydrogens (tertiary/aromatic N) is 2. The molecule has 1 heterocycles. The van der Waals surface area contributed by atoms with Crippen LogP contribution in [0.2, 0.25) is 0 Å². The van der Waals surface area contributed by atoms with Gasteiger partial charge in [-0.05, 0) is 43.3 Å². The predicted molar refractivity (Wildman–Crippen MR) is 79.9 cm³/mol. The second-order valence-corrected chi connectivity index (χ2v) is 4.98. The molecule has 0 aliphatic heterocycles. The van der Waals surface area contributed by atoms with Gasteiger partial charge in [0.05, 0.1) is 5.56 Å². The van der Waals surface area contributed by atoms with Crippen LogP contribution in [0, 0.1) is 11.6 Å². The van der Waals surface area contributed by atoms with E-state index >= 15 is 0 Å². The van der Waals surface area contributed by atoms with Crippen LogP contribution in [0.15, 0.2) is 52.9 Å². The van der Waals surface area contributed by atoms with E-state index < -0.39 is 17.9 Å². The summed E-state index contributed by atoms with van der Waals surface area (Å²) in [5.41, 5.74) is 0.352. The van der Waals surface area contributed by atoms with E-state index in [9.17, 15) is 13.6 Å². The van der Waals surface area contributed by atoms with Crippen LogP contribution in [-0.2, 0) is 4.74 Å². The van der Waals surface area contributed by atoms with Gasteiger partial charge in [-0.15, -0.1) is 10.2 Å². The molecule has 122 valence electrons. The fraction of sp³-hybridized carbons (Fsp3) is 0.118. The highest BCUT2D eigenvalue weighted by Crippen LogP contribution is 2.23. The number of carbonyl (C=O) groups excluding carboxylic acids is 1. The van der Waals surface area contributed by atoms with Gasteiger partial charge in [0.2, 0.25) is 5.89 Å². The zero-order valence-electron chi connectivity index (χ0n) is 12.6. The molecule has 0 amide bonds. The van der Waals surface area contributed by atoms with Gasteiger partial charge in [0.1, 0.15) is 11.6 Å². The number of hydrogen-bond donors (Lipinski definition) is 0. The molecule has 0 N–H and O–H groups in total. The summed E-state index contributed by atoms with van der Waals surface area (Å²) in [7, 11) is 0. The smallest absolute Gasteiger partial charge is 0.341 e. The van der Waals surface area contributed by atoms with Crippen molar-refractivity contribution in [2.24, 2.45) is 0 Å². The Labute approximate surface area is 135 Å². The van der Waals surface area contributed by atoms with E-state index in [1.54, 1.807) is 0 Å². The van der Waals surface area contributed by atoms with Crippen LogP contribution < -0.4 is 0 Å². The number of carbonyl (C=O) groups is 1. The maximum Gasteiger partial charge on any atom is 0.341 e. The lowest BCUT2D eigenvalue weighted by Gasteiger charge is -2.09. The third kappa shape index (κ3) is 3.29. The van der Waals surface area contributed by atoms with E-state index in [-0.39, 0.29) is 23.2 Å². The van der Waals surface area contributed by atoms with Gasteiger partial charge in [-0.1, -0.05) is 12.1 Å². The minimum absolute atomic E-state index is 0.0546. The first-order chi connectivity index (χ1) is 11.5. The van der Waals surface area contributed by atoms with E-state index in [2.05, 4.69) is 10.2 Å². The summed E-state index contributed by atoms with van der Waals surface area (Å²) in [6.45, 7) is 1.53. The van der Waals surface area contributed by atoms with Crippen LogP contribution in [0.25, 0.3) is 11.5 Å². The second kappa shape index (κ2) is 6.57. The van der Waals surface area contributed by atoms with Crippen LogP contribution in [0.5, 0.6) is 0 Å². The van der Waals surface area contributed by atoms with Gasteiger partial charge in [0, 0.05) is 5.56 Å². The molecule has 0 saturated heterocycles. The second-order valence-electron chi connectivity index (χ2n) is 4.98. The normalized spacial score (nSPS) is 12.0. The Morgan fingerprint density at radius 3 is 2.50 bits per heavy atom. The van der Waals surface area contributed by atoms with Crippen molar-refractivity contribution < 1.29 is 22.7 Å².